The standard InChI is InChI=1S/C10H11N3O/c1-13-10(11-7-12-13)6-8-3-2-4-9(14)5-8/h2-5,7,14H,6H2,1H3. The van der Waals surface area contributed by atoms with Crippen LogP contribution in [0.2, 0.25) is 0 Å². The quantitative estimate of drug-likeness (QED) is 0.770. The van der Waals surface area contributed by atoms with E-state index >= 15 is 0 Å². The lowest BCUT2D eigenvalue weighted by molar-refractivity contribution is 0.474. The number of hydrogen-bond acceptors (Lipinski definition) is 3. The second-order valence-corrected chi connectivity index (χ2v) is 3.15. The van der Waals surface area contributed by atoms with Crippen molar-refractivity contribution >= 4 is 0 Å². The number of aryl methyl sites for hydroxylation is 1. The molecule has 14 heavy (non-hydrogen) atoms. The fraction of sp³-hybridized carbons (Fsp3) is 0.200. The van der Waals surface area contributed by atoms with Gasteiger partial charge < -0.3 is 5.11 Å². The number of benzene rings is 1. The van der Waals surface area contributed by atoms with Crippen LogP contribution < -0.4 is 0 Å². The molecule has 0 bridgehead atoms. The van der Waals surface area contributed by atoms with Crippen molar-refractivity contribution in [1.82, 2.24) is 14.8 Å². The first-order valence-corrected chi connectivity index (χ1v) is 4.36. The molecule has 2 aromatic rings. The molecule has 0 fully saturated rings. The number of aromatic nitrogens is 3. The summed E-state index contributed by atoms with van der Waals surface area (Å²) in [5, 5.41) is 13.2. The number of nitrogens with zero attached hydrogens (tertiary/aromatic N) is 3. The topological polar surface area (TPSA) is 50.9 Å². The summed E-state index contributed by atoms with van der Waals surface area (Å²) in [4.78, 5) is 4.11. The molecular weight excluding hydrogens is 178 g/mol. The number of phenolic OH excluding ortho intramolecular Hbond substituents is 1. The van der Waals surface area contributed by atoms with E-state index in [0.717, 1.165) is 11.4 Å². The number of hydrogen-bond donors (Lipinski definition) is 1. The molecule has 0 radical (unpaired) electrons. The SMILES string of the molecule is Cn1ncnc1Cc1cccc(O)c1. The lowest BCUT2D eigenvalue weighted by Gasteiger charge is -2.01. The minimum atomic E-state index is 0.282. The zero-order chi connectivity index (χ0) is 9.97. The molecule has 1 aromatic carbocycles. The molecule has 1 N–H and O–H groups in total. The van der Waals surface area contributed by atoms with Crippen LogP contribution in [-0.4, -0.2) is 19.9 Å². The van der Waals surface area contributed by atoms with Crippen LogP contribution >= 0.6 is 0 Å². The molecule has 4 heteroatoms. The molecule has 0 aliphatic heterocycles. The van der Waals surface area contributed by atoms with Gasteiger partial charge in [0.25, 0.3) is 0 Å². The van der Waals surface area contributed by atoms with Crippen LogP contribution in [0.1, 0.15) is 11.4 Å². The minimum Gasteiger partial charge on any atom is -0.508 e. The van der Waals surface area contributed by atoms with Crippen molar-refractivity contribution < 1.29 is 5.11 Å². The van der Waals surface area contributed by atoms with Gasteiger partial charge >= 0.3 is 0 Å². The summed E-state index contributed by atoms with van der Waals surface area (Å²) >= 11 is 0. The monoisotopic (exact) mass is 189 g/mol. The van der Waals surface area contributed by atoms with Gasteiger partial charge in [-0.15, -0.1) is 0 Å². The van der Waals surface area contributed by atoms with Crippen LogP contribution in [0.25, 0.3) is 0 Å². The Labute approximate surface area is 81.8 Å². The maximum Gasteiger partial charge on any atom is 0.138 e. The van der Waals surface area contributed by atoms with Crippen molar-refractivity contribution in [2.24, 2.45) is 7.05 Å². The van der Waals surface area contributed by atoms with E-state index in [0.29, 0.717) is 6.42 Å². The summed E-state index contributed by atoms with van der Waals surface area (Å²) in [6.07, 6.45) is 2.21. The van der Waals surface area contributed by atoms with E-state index in [4.69, 9.17) is 0 Å². The van der Waals surface area contributed by atoms with Gasteiger partial charge in [-0.3, -0.25) is 4.68 Å². The first-order valence-electron chi connectivity index (χ1n) is 4.36. The van der Waals surface area contributed by atoms with Gasteiger partial charge in [0.1, 0.15) is 17.9 Å². The normalized spacial score (nSPS) is 10.4. The van der Waals surface area contributed by atoms with E-state index in [9.17, 15) is 5.11 Å². The van der Waals surface area contributed by atoms with Crippen molar-refractivity contribution in [2.45, 2.75) is 6.42 Å². The molecule has 0 amide bonds. The third-order valence-corrected chi connectivity index (χ3v) is 2.08. The Hall–Kier alpha value is -1.84. The average molecular weight is 189 g/mol. The second-order valence-electron chi connectivity index (χ2n) is 3.15. The summed E-state index contributed by atoms with van der Waals surface area (Å²) in [6.45, 7) is 0. The Balaban J connectivity index is 2.23. The van der Waals surface area contributed by atoms with Crippen LogP contribution in [0.5, 0.6) is 5.75 Å². The largest absolute Gasteiger partial charge is 0.508 e. The van der Waals surface area contributed by atoms with E-state index in [1.807, 2.05) is 19.2 Å². The van der Waals surface area contributed by atoms with E-state index in [-0.39, 0.29) is 5.75 Å². The van der Waals surface area contributed by atoms with Crippen LogP contribution in [-0.2, 0) is 13.5 Å². The first-order chi connectivity index (χ1) is 6.75. The fourth-order valence-electron chi connectivity index (χ4n) is 1.33. The van der Waals surface area contributed by atoms with Gasteiger partial charge in [0.15, 0.2) is 0 Å². The maximum atomic E-state index is 9.27. The molecule has 1 aromatic heterocycles. The molecule has 0 saturated heterocycles. The van der Waals surface area contributed by atoms with Gasteiger partial charge in [-0.25, -0.2) is 4.98 Å². The molecule has 0 spiro atoms. The van der Waals surface area contributed by atoms with Crippen molar-refractivity contribution in [3.63, 3.8) is 0 Å². The minimum absolute atomic E-state index is 0.282. The number of rotatable bonds is 2. The van der Waals surface area contributed by atoms with E-state index < -0.39 is 0 Å². The van der Waals surface area contributed by atoms with Crippen LogP contribution in [0.15, 0.2) is 30.6 Å². The average Bonchev–Trinajstić information content (AvgIpc) is 2.52. The molecule has 72 valence electrons. The van der Waals surface area contributed by atoms with Crippen LogP contribution in [0, 0.1) is 0 Å². The predicted octanol–water partition coefficient (Wildman–Crippen LogP) is 1.11. The molecule has 0 aliphatic rings. The second kappa shape index (κ2) is 3.49. The van der Waals surface area contributed by atoms with Crippen molar-refractivity contribution in [2.75, 3.05) is 0 Å². The Morgan fingerprint density at radius 3 is 2.93 bits per heavy atom. The Kier molecular flexibility index (Phi) is 2.18. The molecule has 0 unspecified atom stereocenters. The Bertz CT molecular complexity index is 436. The highest BCUT2D eigenvalue weighted by atomic mass is 16.3. The van der Waals surface area contributed by atoms with Crippen molar-refractivity contribution in [1.29, 1.82) is 0 Å². The van der Waals surface area contributed by atoms with Gasteiger partial charge in [-0.05, 0) is 17.7 Å². The van der Waals surface area contributed by atoms with Gasteiger partial charge in [-0.2, -0.15) is 5.10 Å². The molecule has 0 aliphatic carbocycles. The summed E-state index contributed by atoms with van der Waals surface area (Å²) in [7, 11) is 1.85. The zero-order valence-corrected chi connectivity index (χ0v) is 7.88. The van der Waals surface area contributed by atoms with E-state index in [2.05, 4.69) is 10.1 Å². The van der Waals surface area contributed by atoms with Crippen molar-refractivity contribution in [3.8, 4) is 5.75 Å². The summed E-state index contributed by atoms with van der Waals surface area (Å²) in [6, 6.07) is 7.16. The smallest absolute Gasteiger partial charge is 0.138 e. The number of aromatic hydroxyl groups is 1. The fourth-order valence-corrected chi connectivity index (χ4v) is 1.33. The molecule has 0 atom stereocenters. The highest BCUT2D eigenvalue weighted by molar-refractivity contribution is 5.28. The van der Waals surface area contributed by atoms with Gasteiger partial charge in [-0.1, -0.05) is 12.1 Å². The van der Waals surface area contributed by atoms with E-state index in [1.165, 1.54) is 6.33 Å². The highest BCUT2D eigenvalue weighted by Crippen LogP contribution is 2.13. The third-order valence-electron chi connectivity index (χ3n) is 2.08. The zero-order valence-electron chi connectivity index (χ0n) is 7.88. The maximum absolute atomic E-state index is 9.27. The lowest BCUT2D eigenvalue weighted by Crippen LogP contribution is -2.00. The Morgan fingerprint density at radius 1 is 1.43 bits per heavy atom. The molecule has 2 rings (SSSR count). The van der Waals surface area contributed by atoms with Crippen LogP contribution in [0.3, 0.4) is 0 Å². The van der Waals surface area contributed by atoms with E-state index in [1.54, 1.807) is 16.8 Å². The third kappa shape index (κ3) is 1.74. The number of phenols is 1. The van der Waals surface area contributed by atoms with Crippen LogP contribution in [0.4, 0.5) is 0 Å². The molecular formula is C10H11N3O. The van der Waals surface area contributed by atoms with Gasteiger partial charge in [0.2, 0.25) is 0 Å². The predicted molar refractivity (Wildman–Crippen MR) is 51.9 cm³/mol. The molecule has 4 nitrogen and oxygen atoms in total. The Morgan fingerprint density at radius 2 is 2.29 bits per heavy atom. The summed E-state index contributed by atoms with van der Waals surface area (Å²) in [5.41, 5.74) is 1.03. The lowest BCUT2D eigenvalue weighted by atomic mass is 10.1. The van der Waals surface area contributed by atoms with Gasteiger partial charge in [0.05, 0.1) is 0 Å². The first kappa shape index (κ1) is 8.74. The molecule has 1 heterocycles. The molecule has 0 saturated carbocycles. The summed E-state index contributed by atoms with van der Waals surface area (Å²) < 4.78 is 1.73. The summed E-state index contributed by atoms with van der Waals surface area (Å²) in [5.74, 6) is 1.17. The van der Waals surface area contributed by atoms with Gasteiger partial charge in [0, 0.05) is 13.5 Å². The highest BCUT2D eigenvalue weighted by Gasteiger charge is 2.02. The van der Waals surface area contributed by atoms with Crippen molar-refractivity contribution in [3.05, 3.63) is 42.0 Å².